The van der Waals surface area contributed by atoms with Crippen molar-refractivity contribution in [2.75, 3.05) is 6.61 Å². The van der Waals surface area contributed by atoms with Crippen molar-refractivity contribution < 1.29 is 14.3 Å². The Balaban J connectivity index is 1.98. The van der Waals surface area contributed by atoms with Crippen molar-refractivity contribution in [3.63, 3.8) is 0 Å². The fraction of sp³-hybridized carbons (Fsp3) is 0.294. The first-order valence-corrected chi connectivity index (χ1v) is 9.05. The Morgan fingerprint density at radius 1 is 1.27 bits per heavy atom. The van der Waals surface area contributed by atoms with Crippen LogP contribution in [0.5, 0.6) is 0 Å². The number of carbonyl (C=O) groups excluding carboxylic acids is 2. The van der Waals surface area contributed by atoms with Gasteiger partial charge in [-0.15, -0.1) is 0 Å². The monoisotopic (exact) mass is 332 g/mol. The Labute approximate surface area is 137 Å². The molecule has 0 radical (unpaired) electrons. The summed E-state index contributed by atoms with van der Waals surface area (Å²) in [5, 5.41) is 8.03. The Morgan fingerprint density at radius 3 is 2.68 bits per heavy atom. The average molecular weight is 332 g/mol. The van der Waals surface area contributed by atoms with E-state index < -0.39 is 11.9 Å². The van der Waals surface area contributed by atoms with Gasteiger partial charge in [0.2, 0.25) is 0 Å². The standard InChI is InChI=1S/C17H16O3S2/c1-2-20-17(19)16-14(12-4-6-22-10-12)7-13(8-15(16)18)11-3-5-21-9-11/h3-6,8-10,14,16H,2,7H2,1H3/t14-,16+/m0/s1. The van der Waals surface area contributed by atoms with Crippen LogP contribution in [-0.2, 0) is 14.3 Å². The third kappa shape index (κ3) is 2.91. The molecule has 0 N–H and O–H groups in total. The van der Waals surface area contributed by atoms with Crippen molar-refractivity contribution >= 4 is 40.0 Å². The lowest BCUT2D eigenvalue weighted by Crippen LogP contribution is -2.33. The quantitative estimate of drug-likeness (QED) is 0.624. The molecule has 0 unspecified atom stereocenters. The van der Waals surface area contributed by atoms with E-state index in [1.165, 1.54) is 0 Å². The fourth-order valence-electron chi connectivity index (χ4n) is 2.83. The van der Waals surface area contributed by atoms with Crippen molar-refractivity contribution in [2.24, 2.45) is 5.92 Å². The molecule has 0 saturated carbocycles. The Kier molecular flexibility index (Phi) is 4.55. The maximum absolute atomic E-state index is 12.6. The second kappa shape index (κ2) is 6.58. The van der Waals surface area contributed by atoms with Crippen LogP contribution in [0.2, 0.25) is 0 Å². The molecule has 0 amide bonds. The van der Waals surface area contributed by atoms with Crippen LogP contribution in [-0.4, -0.2) is 18.4 Å². The zero-order valence-corrected chi connectivity index (χ0v) is 13.8. The highest BCUT2D eigenvalue weighted by atomic mass is 32.1. The van der Waals surface area contributed by atoms with E-state index in [1.54, 1.807) is 35.7 Å². The van der Waals surface area contributed by atoms with Gasteiger partial charge in [-0.05, 0) is 69.8 Å². The van der Waals surface area contributed by atoms with E-state index in [1.807, 2.05) is 33.7 Å². The van der Waals surface area contributed by atoms with Crippen molar-refractivity contribution in [1.82, 2.24) is 0 Å². The molecule has 22 heavy (non-hydrogen) atoms. The second-order valence-electron chi connectivity index (χ2n) is 5.18. The SMILES string of the molecule is CCOC(=O)[C@H]1C(=O)C=C(c2ccsc2)C[C@H]1c1ccsc1. The molecule has 5 heteroatoms. The van der Waals surface area contributed by atoms with Gasteiger partial charge in [-0.1, -0.05) is 0 Å². The first-order valence-electron chi connectivity index (χ1n) is 7.16. The Hall–Kier alpha value is -1.72. The molecule has 114 valence electrons. The van der Waals surface area contributed by atoms with Gasteiger partial charge in [0.25, 0.3) is 0 Å². The van der Waals surface area contributed by atoms with Crippen LogP contribution >= 0.6 is 22.7 Å². The minimum absolute atomic E-state index is 0.141. The first kappa shape index (κ1) is 15.2. The topological polar surface area (TPSA) is 43.4 Å². The van der Waals surface area contributed by atoms with Gasteiger partial charge in [-0.25, -0.2) is 0 Å². The summed E-state index contributed by atoms with van der Waals surface area (Å²) in [6.07, 6.45) is 2.30. The van der Waals surface area contributed by atoms with Crippen LogP contribution < -0.4 is 0 Å². The highest BCUT2D eigenvalue weighted by Crippen LogP contribution is 2.41. The van der Waals surface area contributed by atoms with Crippen molar-refractivity contribution in [1.29, 1.82) is 0 Å². The van der Waals surface area contributed by atoms with E-state index >= 15 is 0 Å². The average Bonchev–Trinajstić information content (AvgIpc) is 3.20. The number of carbonyl (C=O) groups is 2. The number of allylic oxidation sites excluding steroid dienone is 2. The third-order valence-electron chi connectivity index (χ3n) is 3.87. The summed E-state index contributed by atoms with van der Waals surface area (Å²) in [6.45, 7) is 2.05. The predicted octanol–water partition coefficient (Wildman–Crippen LogP) is 4.13. The van der Waals surface area contributed by atoms with Crippen LogP contribution in [0.3, 0.4) is 0 Å². The zero-order chi connectivity index (χ0) is 15.5. The van der Waals surface area contributed by atoms with Gasteiger partial charge < -0.3 is 4.74 Å². The summed E-state index contributed by atoms with van der Waals surface area (Å²) in [4.78, 5) is 24.8. The molecule has 1 aliphatic carbocycles. The van der Waals surface area contributed by atoms with Crippen LogP contribution in [0, 0.1) is 5.92 Å². The largest absolute Gasteiger partial charge is 0.465 e. The van der Waals surface area contributed by atoms with E-state index in [-0.39, 0.29) is 11.7 Å². The Bertz CT molecular complexity index is 684. The van der Waals surface area contributed by atoms with Crippen LogP contribution in [0.15, 0.2) is 39.7 Å². The Morgan fingerprint density at radius 2 is 2.05 bits per heavy atom. The summed E-state index contributed by atoms with van der Waals surface area (Å²) < 4.78 is 5.12. The van der Waals surface area contributed by atoms with Crippen molar-refractivity contribution in [3.05, 3.63) is 50.9 Å². The number of rotatable bonds is 4. The first-order chi connectivity index (χ1) is 10.7. The number of ketones is 1. The molecule has 0 aliphatic heterocycles. The van der Waals surface area contributed by atoms with Gasteiger partial charge in [0.05, 0.1) is 6.61 Å². The van der Waals surface area contributed by atoms with Crippen molar-refractivity contribution in [2.45, 2.75) is 19.3 Å². The summed E-state index contributed by atoms with van der Waals surface area (Å²) in [7, 11) is 0. The van der Waals surface area contributed by atoms with Gasteiger partial charge in [-0.3, -0.25) is 9.59 Å². The maximum Gasteiger partial charge on any atom is 0.317 e. The highest BCUT2D eigenvalue weighted by molar-refractivity contribution is 7.08. The minimum Gasteiger partial charge on any atom is -0.465 e. The van der Waals surface area contributed by atoms with Gasteiger partial charge in [0.1, 0.15) is 5.92 Å². The third-order valence-corrected chi connectivity index (χ3v) is 5.25. The zero-order valence-electron chi connectivity index (χ0n) is 12.2. The number of hydrogen-bond donors (Lipinski definition) is 0. The van der Waals surface area contributed by atoms with Crippen LogP contribution in [0.25, 0.3) is 5.57 Å². The van der Waals surface area contributed by atoms with E-state index in [9.17, 15) is 9.59 Å². The summed E-state index contributed by atoms with van der Waals surface area (Å²) in [5.74, 6) is -1.43. The maximum atomic E-state index is 12.6. The molecule has 3 nitrogen and oxygen atoms in total. The van der Waals surface area contributed by atoms with Gasteiger partial charge >= 0.3 is 5.97 Å². The second-order valence-corrected chi connectivity index (χ2v) is 6.74. The molecule has 3 rings (SSSR count). The van der Waals surface area contributed by atoms with E-state index in [4.69, 9.17) is 4.74 Å². The van der Waals surface area contributed by atoms with E-state index in [0.29, 0.717) is 13.0 Å². The van der Waals surface area contributed by atoms with Crippen LogP contribution in [0.1, 0.15) is 30.4 Å². The molecular formula is C17H16O3S2. The molecule has 0 bridgehead atoms. The molecule has 2 aromatic heterocycles. The fourth-order valence-corrected chi connectivity index (χ4v) is 4.24. The highest BCUT2D eigenvalue weighted by Gasteiger charge is 2.39. The van der Waals surface area contributed by atoms with Gasteiger partial charge in [-0.2, -0.15) is 22.7 Å². The van der Waals surface area contributed by atoms with E-state index in [2.05, 4.69) is 0 Å². The molecule has 0 fully saturated rings. The number of thiophene rings is 2. The summed E-state index contributed by atoms with van der Waals surface area (Å²) in [5.41, 5.74) is 3.11. The van der Waals surface area contributed by atoms with Gasteiger partial charge in [0.15, 0.2) is 5.78 Å². The summed E-state index contributed by atoms with van der Waals surface area (Å²) >= 11 is 3.19. The molecule has 0 spiro atoms. The minimum atomic E-state index is -0.725. The lowest BCUT2D eigenvalue weighted by Gasteiger charge is -2.28. The normalized spacial score (nSPS) is 21.5. The molecule has 0 saturated heterocycles. The molecule has 1 aliphatic rings. The lowest BCUT2D eigenvalue weighted by atomic mass is 9.74. The summed E-state index contributed by atoms with van der Waals surface area (Å²) in [6, 6.07) is 4.00. The number of hydrogen-bond acceptors (Lipinski definition) is 5. The molecule has 2 heterocycles. The van der Waals surface area contributed by atoms with Gasteiger partial charge in [0, 0.05) is 5.92 Å². The molecular weight excluding hydrogens is 316 g/mol. The van der Waals surface area contributed by atoms with Crippen molar-refractivity contribution in [3.8, 4) is 0 Å². The molecule has 2 atom stereocenters. The smallest absolute Gasteiger partial charge is 0.317 e. The van der Waals surface area contributed by atoms with Crippen LogP contribution in [0.4, 0.5) is 0 Å². The van der Waals surface area contributed by atoms with E-state index in [0.717, 1.165) is 16.7 Å². The predicted molar refractivity (Wildman–Crippen MR) is 89.1 cm³/mol. The number of esters is 1. The lowest BCUT2D eigenvalue weighted by molar-refractivity contribution is -0.151. The molecule has 0 aromatic carbocycles. The molecule has 2 aromatic rings. The number of ether oxygens (including phenoxy) is 1.